The maximum atomic E-state index is 4.25. The Kier molecular flexibility index (Phi) is 4.36. The third kappa shape index (κ3) is 3.06. The van der Waals surface area contributed by atoms with Crippen LogP contribution in [0, 0.1) is 0 Å². The van der Waals surface area contributed by atoms with Gasteiger partial charge in [-0.2, -0.15) is 5.10 Å². The number of nitrogens with zero attached hydrogens (tertiary/aromatic N) is 3. The third-order valence-corrected chi connectivity index (χ3v) is 3.24. The first kappa shape index (κ1) is 11.6. The minimum atomic E-state index is 0.732. The molecule has 0 saturated carbocycles. The first-order chi connectivity index (χ1) is 7.90. The molecule has 1 fully saturated rings. The van der Waals surface area contributed by atoms with Gasteiger partial charge in [-0.05, 0) is 32.0 Å². The summed E-state index contributed by atoms with van der Waals surface area (Å²) in [6, 6.07) is 2.72. The summed E-state index contributed by atoms with van der Waals surface area (Å²) in [6.07, 6.45) is 6.41. The van der Waals surface area contributed by atoms with E-state index in [2.05, 4.69) is 22.2 Å². The van der Waals surface area contributed by atoms with Crippen molar-refractivity contribution in [2.75, 3.05) is 26.2 Å². The van der Waals surface area contributed by atoms with Crippen molar-refractivity contribution in [2.24, 2.45) is 0 Å². The molecule has 1 aliphatic heterocycles. The average molecular weight is 222 g/mol. The Morgan fingerprint density at radius 3 is 3.06 bits per heavy atom. The van der Waals surface area contributed by atoms with E-state index in [4.69, 9.17) is 0 Å². The zero-order valence-electron chi connectivity index (χ0n) is 10.1. The molecule has 1 unspecified atom stereocenters. The molecule has 2 rings (SSSR count). The Morgan fingerprint density at radius 1 is 1.50 bits per heavy atom. The monoisotopic (exact) mass is 222 g/mol. The van der Waals surface area contributed by atoms with Gasteiger partial charge in [-0.25, -0.2) is 0 Å². The van der Waals surface area contributed by atoms with Crippen LogP contribution in [0.2, 0.25) is 0 Å². The first-order valence-corrected chi connectivity index (χ1v) is 6.32. The van der Waals surface area contributed by atoms with Crippen molar-refractivity contribution in [3.05, 3.63) is 18.5 Å². The van der Waals surface area contributed by atoms with Gasteiger partial charge in [0.2, 0.25) is 0 Å². The third-order valence-electron chi connectivity index (χ3n) is 3.24. The Morgan fingerprint density at radius 2 is 2.44 bits per heavy atom. The summed E-state index contributed by atoms with van der Waals surface area (Å²) >= 11 is 0. The zero-order chi connectivity index (χ0) is 11.2. The number of aromatic nitrogens is 2. The van der Waals surface area contributed by atoms with Gasteiger partial charge >= 0.3 is 0 Å². The normalized spacial score (nSPS) is 20.8. The topological polar surface area (TPSA) is 33.1 Å². The van der Waals surface area contributed by atoms with E-state index in [1.54, 1.807) is 0 Å². The lowest BCUT2D eigenvalue weighted by Gasteiger charge is -2.27. The van der Waals surface area contributed by atoms with Crippen LogP contribution in [-0.2, 0) is 6.54 Å². The molecule has 0 radical (unpaired) electrons. The lowest BCUT2D eigenvalue weighted by atomic mass is 10.2. The van der Waals surface area contributed by atoms with Crippen molar-refractivity contribution in [1.82, 2.24) is 20.0 Å². The fourth-order valence-electron chi connectivity index (χ4n) is 2.38. The maximum Gasteiger partial charge on any atom is 0.0536 e. The van der Waals surface area contributed by atoms with Crippen molar-refractivity contribution >= 4 is 0 Å². The number of hydrogen-bond acceptors (Lipinski definition) is 3. The van der Waals surface area contributed by atoms with Gasteiger partial charge in [-0.15, -0.1) is 0 Å². The molecule has 0 aliphatic carbocycles. The van der Waals surface area contributed by atoms with Crippen LogP contribution in [0.5, 0.6) is 0 Å². The number of rotatable bonds is 6. The van der Waals surface area contributed by atoms with Gasteiger partial charge in [0.15, 0.2) is 0 Å². The van der Waals surface area contributed by atoms with Gasteiger partial charge in [0.1, 0.15) is 0 Å². The average Bonchev–Trinajstić information content (AvgIpc) is 2.96. The van der Waals surface area contributed by atoms with E-state index in [-0.39, 0.29) is 0 Å². The zero-order valence-corrected chi connectivity index (χ0v) is 10.1. The molecule has 1 aliphatic rings. The van der Waals surface area contributed by atoms with Crippen molar-refractivity contribution < 1.29 is 0 Å². The Bertz CT molecular complexity index is 277. The van der Waals surface area contributed by atoms with Gasteiger partial charge in [0.25, 0.3) is 0 Å². The van der Waals surface area contributed by atoms with Crippen LogP contribution in [0.3, 0.4) is 0 Å². The summed E-state index contributed by atoms with van der Waals surface area (Å²) in [5.74, 6) is 0. The second-order valence-electron chi connectivity index (χ2n) is 4.45. The summed E-state index contributed by atoms with van der Waals surface area (Å²) in [7, 11) is 0. The van der Waals surface area contributed by atoms with Crippen LogP contribution < -0.4 is 5.32 Å². The SMILES string of the molecule is CCCN(CCn1cccn1)C1CCNC1. The van der Waals surface area contributed by atoms with Crippen molar-refractivity contribution in [3.8, 4) is 0 Å². The second-order valence-corrected chi connectivity index (χ2v) is 4.45. The minimum absolute atomic E-state index is 0.732. The molecule has 0 amide bonds. The molecule has 90 valence electrons. The van der Waals surface area contributed by atoms with Crippen LogP contribution in [0.1, 0.15) is 19.8 Å². The fourth-order valence-corrected chi connectivity index (χ4v) is 2.38. The van der Waals surface area contributed by atoms with Crippen LogP contribution >= 0.6 is 0 Å². The molecule has 1 saturated heterocycles. The lowest BCUT2D eigenvalue weighted by Crippen LogP contribution is -2.39. The van der Waals surface area contributed by atoms with Gasteiger partial charge in [0.05, 0.1) is 6.54 Å². The predicted molar refractivity (Wildman–Crippen MR) is 65.4 cm³/mol. The van der Waals surface area contributed by atoms with Crippen molar-refractivity contribution in [3.63, 3.8) is 0 Å². The van der Waals surface area contributed by atoms with E-state index < -0.39 is 0 Å². The highest BCUT2D eigenvalue weighted by molar-refractivity contribution is 4.82. The molecule has 0 bridgehead atoms. The van der Waals surface area contributed by atoms with Gasteiger partial charge in [-0.1, -0.05) is 6.92 Å². The number of nitrogens with one attached hydrogen (secondary N) is 1. The number of hydrogen-bond donors (Lipinski definition) is 1. The largest absolute Gasteiger partial charge is 0.315 e. The van der Waals surface area contributed by atoms with E-state index >= 15 is 0 Å². The van der Waals surface area contributed by atoms with Crippen LogP contribution in [0.25, 0.3) is 0 Å². The summed E-state index contributed by atoms with van der Waals surface area (Å²) in [5.41, 5.74) is 0. The molecule has 1 aromatic heterocycles. The molecule has 1 atom stereocenters. The van der Waals surface area contributed by atoms with E-state index in [9.17, 15) is 0 Å². The van der Waals surface area contributed by atoms with Crippen molar-refractivity contribution in [2.45, 2.75) is 32.4 Å². The predicted octanol–water partition coefficient (Wildman–Crippen LogP) is 0.957. The first-order valence-electron chi connectivity index (χ1n) is 6.32. The highest BCUT2D eigenvalue weighted by atomic mass is 15.3. The second kappa shape index (κ2) is 6.01. The lowest BCUT2D eigenvalue weighted by molar-refractivity contribution is 0.198. The molecular weight excluding hydrogens is 200 g/mol. The summed E-state index contributed by atoms with van der Waals surface area (Å²) in [5, 5.41) is 7.69. The van der Waals surface area contributed by atoms with Gasteiger partial charge in [-0.3, -0.25) is 9.58 Å². The highest BCUT2D eigenvalue weighted by Gasteiger charge is 2.21. The Hall–Kier alpha value is -0.870. The standard InChI is InChI=1S/C12H22N4/c1-2-7-15(12-4-6-13-11-12)9-10-16-8-3-5-14-16/h3,5,8,12-13H,2,4,6-7,9-11H2,1H3. The van der Waals surface area contributed by atoms with Gasteiger partial charge in [0, 0.05) is 31.5 Å². The highest BCUT2D eigenvalue weighted by Crippen LogP contribution is 2.09. The van der Waals surface area contributed by atoms with E-state index in [1.165, 1.54) is 25.9 Å². The minimum Gasteiger partial charge on any atom is -0.315 e. The van der Waals surface area contributed by atoms with Crippen molar-refractivity contribution in [1.29, 1.82) is 0 Å². The molecule has 0 spiro atoms. The Balaban J connectivity index is 1.82. The molecular formula is C12H22N4. The summed E-state index contributed by atoms with van der Waals surface area (Å²) in [4.78, 5) is 2.60. The molecule has 1 N–H and O–H groups in total. The molecule has 4 nitrogen and oxygen atoms in total. The quantitative estimate of drug-likeness (QED) is 0.778. The van der Waals surface area contributed by atoms with Crippen LogP contribution in [-0.4, -0.2) is 46.9 Å². The van der Waals surface area contributed by atoms with E-state index in [0.717, 1.165) is 25.7 Å². The fraction of sp³-hybridized carbons (Fsp3) is 0.750. The molecule has 1 aromatic rings. The molecule has 0 aromatic carbocycles. The molecule has 16 heavy (non-hydrogen) atoms. The van der Waals surface area contributed by atoms with E-state index in [1.807, 2.05) is 23.1 Å². The van der Waals surface area contributed by atoms with E-state index in [0.29, 0.717) is 0 Å². The van der Waals surface area contributed by atoms with Crippen LogP contribution in [0.4, 0.5) is 0 Å². The van der Waals surface area contributed by atoms with Gasteiger partial charge < -0.3 is 5.32 Å². The summed E-state index contributed by atoms with van der Waals surface area (Å²) < 4.78 is 2.02. The summed E-state index contributed by atoms with van der Waals surface area (Å²) in [6.45, 7) is 7.90. The van der Waals surface area contributed by atoms with Crippen LogP contribution in [0.15, 0.2) is 18.5 Å². The smallest absolute Gasteiger partial charge is 0.0536 e. The maximum absolute atomic E-state index is 4.25. The molecule has 4 heteroatoms. The molecule has 2 heterocycles. The Labute approximate surface area is 97.6 Å².